The minimum absolute atomic E-state index is 0.745. The molecule has 3 nitrogen and oxygen atoms in total. The van der Waals surface area contributed by atoms with Crippen LogP contribution in [0, 0.1) is 0 Å². The highest BCUT2D eigenvalue weighted by molar-refractivity contribution is 7.99. The molecule has 0 spiro atoms. The molecule has 2 rings (SSSR count). The normalized spacial score (nSPS) is 21.5. The molecule has 1 aromatic rings. The number of nitrogens with two attached hydrogens (primary N) is 1. The number of hydrogen-bond donors (Lipinski definition) is 1. The molecule has 1 saturated heterocycles. The van der Waals surface area contributed by atoms with Crippen LogP contribution in [0.3, 0.4) is 0 Å². The molecule has 14 heavy (non-hydrogen) atoms. The highest BCUT2D eigenvalue weighted by Crippen LogP contribution is 2.25. The summed E-state index contributed by atoms with van der Waals surface area (Å²) in [6.07, 6.45) is 7.01. The highest BCUT2D eigenvalue weighted by atomic mass is 32.2. The number of rotatable bonds is 2. The molecule has 1 atom stereocenters. The summed E-state index contributed by atoms with van der Waals surface area (Å²) in [4.78, 5) is 6.46. The fraction of sp³-hybridized carbons (Fsp3) is 0.500. The standard InChI is InChI=1S/C10H15N3S/c1-14-10-2-3-13(7-10)9-4-8(11)5-12-6-9/h4-6,10H,2-3,7,11H2,1H3. The quantitative estimate of drug-likeness (QED) is 0.803. The molecule has 1 aliphatic heterocycles. The molecule has 0 radical (unpaired) electrons. The third-order valence-corrected chi connectivity index (χ3v) is 3.64. The first-order valence-electron chi connectivity index (χ1n) is 4.78. The Morgan fingerprint density at radius 1 is 1.57 bits per heavy atom. The van der Waals surface area contributed by atoms with Gasteiger partial charge in [0.05, 0.1) is 17.6 Å². The number of aromatic nitrogens is 1. The largest absolute Gasteiger partial charge is 0.397 e. The van der Waals surface area contributed by atoms with Crippen LogP contribution in [-0.2, 0) is 0 Å². The van der Waals surface area contributed by atoms with Crippen molar-refractivity contribution in [2.45, 2.75) is 11.7 Å². The fourth-order valence-electron chi connectivity index (χ4n) is 1.77. The van der Waals surface area contributed by atoms with Gasteiger partial charge in [0.2, 0.25) is 0 Å². The second-order valence-corrected chi connectivity index (χ2v) is 4.71. The van der Waals surface area contributed by atoms with Crippen LogP contribution in [0.4, 0.5) is 11.4 Å². The number of pyridine rings is 1. The highest BCUT2D eigenvalue weighted by Gasteiger charge is 2.21. The van der Waals surface area contributed by atoms with Crippen molar-refractivity contribution < 1.29 is 0 Å². The van der Waals surface area contributed by atoms with Gasteiger partial charge in [0, 0.05) is 24.5 Å². The van der Waals surface area contributed by atoms with Gasteiger partial charge < -0.3 is 10.6 Å². The van der Waals surface area contributed by atoms with Crippen LogP contribution in [0.5, 0.6) is 0 Å². The zero-order chi connectivity index (χ0) is 9.97. The number of thioether (sulfide) groups is 1. The van der Waals surface area contributed by atoms with Crippen LogP contribution in [-0.4, -0.2) is 29.6 Å². The summed E-state index contributed by atoms with van der Waals surface area (Å²) in [7, 11) is 0. The molecule has 2 N–H and O–H groups in total. The van der Waals surface area contributed by atoms with Crippen molar-refractivity contribution in [1.29, 1.82) is 0 Å². The summed E-state index contributed by atoms with van der Waals surface area (Å²) in [6.45, 7) is 2.24. The lowest BCUT2D eigenvalue weighted by Gasteiger charge is -2.17. The van der Waals surface area contributed by atoms with Crippen molar-refractivity contribution in [1.82, 2.24) is 4.98 Å². The summed E-state index contributed by atoms with van der Waals surface area (Å²) in [5, 5.41) is 0.761. The Morgan fingerprint density at radius 2 is 2.43 bits per heavy atom. The Morgan fingerprint density at radius 3 is 3.07 bits per heavy atom. The summed E-state index contributed by atoms with van der Waals surface area (Å²) in [5.41, 5.74) is 7.60. The van der Waals surface area contributed by atoms with E-state index in [4.69, 9.17) is 5.73 Å². The maximum atomic E-state index is 5.70. The van der Waals surface area contributed by atoms with Gasteiger partial charge >= 0.3 is 0 Å². The maximum Gasteiger partial charge on any atom is 0.0573 e. The van der Waals surface area contributed by atoms with Crippen molar-refractivity contribution in [2.24, 2.45) is 0 Å². The second kappa shape index (κ2) is 4.09. The predicted molar refractivity (Wildman–Crippen MR) is 62.8 cm³/mol. The monoisotopic (exact) mass is 209 g/mol. The van der Waals surface area contributed by atoms with Crippen molar-refractivity contribution in [3.8, 4) is 0 Å². The molecule has 1 aromatic heterocycles. The predicted octanol–water partition coefficient (Wildman–Crippen LogP) is 1.61. The number of anilines is 2. The average molecular weight is 209 g/mol. The topological polar surface area (TPSA) is 42.2 Å². The minimum atomic E-state index is 0.745. The molecule has 1 unspecified atom stereocenters. The smallest absolute Gasteiger partial charge is 0.0573 e. The van der Waals surface area contributed by atoms with Crippen LogP contribution in [0.25, 0.3) is 0 Å². The molecule has 76 valence electrons. The molecule has 0 amide bonds. The molecule has 0 bridgehead atoms. The average Bonchev–Trinajstić information content (AvgIpc) is 2.66. The van der Waals surface area contributed by atoms with E-state index in [1.54, 1.807) is 6.20 Å². The van der Waals surface area contributed by atoms with Crippen LogP contribution in [0.1, 0.15) is 6.42 Å². The summed E-state index contributed by atoms with van der Waals surface area (Å²) in [5.74, 6) is 0. The molecular formula is C10H15N3S. The molecule has 1 fully saturated rings. The first-order valence-corrected chi connectivity index (χ1v) is 6.06. The number of hydrogen-bond acceptors (Lipinski definition) is 4. The third-order valence-electron chi connectivity index (χ3n) is 2.59. The SMILES string of the molecule is CSC1CCN(c2cncc(N)c2)C1. The van der Waals surface area contributed by atoms with E-state index in [-0.39, 0.29) is 0 Å². The van der Waals surface area contributed by atoms with E-state index < -0.39 is 0 Å². The van der Waals surface area contributed by atoms with Gasteiger partial charge in [0.1, 0.15) is 0 Å². The van der Waals surface area contributed by atoms with Gasteiger partial charge in [-0.3, -0.25) is 4.98 Å². The second-order valence-electron chi connectivity index (χ2n) is 3.57. The Balaban J connectivity index is 2.09. The van der Waals surface area contributed by atoms with E-state index in [0.29, 0.717) is 0 Å². The molecule has 0 aromatic carbocycles. The number of nitrogens with zero attached hydrogens (tertiary/aromatic N) is 2. The van der Waals surface area contributed by atoms with Gasteiger partial charge in [-0.25, -0.2) is 0 Å². The summed E-state index contributed by atoms with van der Waals surface area (Å²) >= 11 is 1.94. The van der Waals surface area contributed by atoms with E-state index in [2.05, 4.69) is 16.1 Å². The van der Waals surface area contributed by atoms with Crippen molar-refractivity contribution in [2.75, 3.05) is 30.0 Å². The van der Waals surface area contributed by atoms with Crippen molar-refractivity contribution >= 4 is 23.1 Å². The van der Waals surface area contributed by atoms with Crippen LogP contribution >= 0.6 is 11.8 Å². The minimum Gasteiger partial charge on any atom is -0.397 e. The zero-order valence-corrected chi connectivity index (χ0v) is 9.13. The zero-order valence-electron chi connectivity index (χ0n) is 8.31. The van der Waals surface area contributed by atoms with E-state index in [0.717, 1.165) is 29.7 Å². The lowest BCUT2D eigenvalue weighted by Crippen LogP contribution is -2.20. The molecule has 2 heterocycles. The molecule has 1 aliphatic rings. The molecule has 0 saturated carbocycles. The van der Waals surface area contributed by atoms with Crippen molar-refractivity contribution in [3.05, 3.63) is 18.5 Å². The summed E-state index contributed by atoms with van der Waals surface area (Å²) in [6, 6.07) is 2.00. The molecule has 0 aliphatic carbocycles. The van der Waals surface area contributed by atoms with Gasteiger partial charge in [-0.05, 0) is 18.7 Å². The van der Waals surface area contributed by atoms with Crippen LogP contribution < -0.4 is 10.6 Å². The Hall–Kier alpha value is -0.900. The van der Waals surface area contributed by atoms with Gasteiger partial charge in [0.15, 0.2) is 0 Å². The maximum absolute atomic E-state index is 5.70. The Labute approximate surface area is 88.7 Å². The van der Waals surface area contributed by atoms with Crippen molar-refractivity contribution in [3.63, 3.8) is 0 Å². The fourth-order valence-corrected chi connectivity index (χ4v) is 2.44. The summed E-state index contributed by atoms with van der Waals surface area (Å²) < 4.78 is 0. The van der Waals surface area contributed by atoms with Gasteiger partial charge in [-0.1, -0.05) is 0 Å². The Kier molecular flexibility index (Phi) is 2.82. The van der Waals surface area contributed by atoms with Crippen LogP contribution in [0.2, 0.25) is 0 Å². The van der Waals surface area contributed by atoms with Crippen LogP contribution in [0.15, 0.2) is 18.5 Å². The molecular weight excluding hydrogens is 194 g/mol. The van der Waals surface area contributed by atoms with Gasteiger partial charge in [-0.15, -0.1) is 0 Å². The third kappa shape index (κ3) is 1.95. The van der Waals surface area contributed by atoms with E-state index in [1.807, 2.05) is 24.0 Å². The first-order chi connectivity index (χ1) is 6.79. The van der Waals surface area contributed by atoms with Gasteiger partial charge in [0.25, 0.3) is 0 Å². The lowest BCUT2D eigenvalue weighted by molar-refractivity contribution is 0.961. The molecule has 4 heteroatoms. The van der Waals surface area contributed by atoms with E-state index >= 15 is 0 Å². The number of nitrogen functional groups attached to an aromatic ring is 1. The van der Waals surface area contributed by atoms with E-state index in [1.165, 1.54) is 6.42 Å². The lowest BCUT2D eigenvalue weighted by atomic mass is 10.3. The van der Waals surface area contributed by atoms with Gasteiger partial charge in [-0.2, -0.15) is 11.8 Å². The first kappa shape index (κ1) is 9.65. The Bertz CT molecular complexity index is 316. The van der Waals surface area contributed by atoms with E-state index in [9.17, 15) is 0 Å².